The molecule has 0 aliphatic heterocycles. The first-order chi connectivity index (χ1) is 20.9. The van der Waals surface area contributed by atoms with Crippen LogP contribution in [0.5, 0.6) is 0 Å². The van der Waals surface area contributed by atoms with Crippen LogP contribution in [0.1, 0.15) is 58.3 Å². The van der Waals surface area contributed by atoms with Gasteiger partial charge in [0.2, 0.25) is 0 Å². The maximum Gasteiger partial charge on any atom is 0.0722 e. The third-order valence-corrected chi connectivity index (χ3v) is 14.8. The Balaban J connectivity index is 1.30. The van der Waals surface area contributed by atoms with Crippen molar-refractivity contribution in [3.8, 4) is 0 Å². The van der Waals surface area contributed by atoms with Crippen molar-refractivity contribution in [1.29, 1.82) is 0 Å². The predicted molar refractivity (Wildman–Crippen MR) is 187 cm³/mol. The molecule has 2 atom stereocenters. The molecular weight excluding hydrogens is 533 g/mol. The molecule has 6 aromatic rings. The predicted octanol–water partition coefficient (Wildman–Crippen LogP) is 11.3. The quantitative estimate of drug-likeness (QED) is 0.186. The molecule has 0 N–H and O–H groups in total. The van der Waals surface area contributed by atoms with Crippen LogP contribution in [-0.4, -0.2) is 8.07 Å². The van der Waals surface area contributed by atoms with Crippen molar-refractivity contribution in [2.75, 3.05) is 0 Å². The molecule has 2 aliphatic carbocycles. The van der Waals surface area contributed by atoms with E-state index >= 15 is 0 Å². The molecule has 8 rings (SSSR count). The van der Waals surface area contributed by atoms with Gasteiger partial charge in [-0.05, 0) is 92.1 Å². The third-order valence-electron chi connectivity index (χ3n) is 10.3. The van der Waals surface area contributed by atoms with Gasteiger partial charge in [-0.25, -0.2) is 0 Å². The van der Waals surface area contributed by atoms with E-state index in [0.29, 0.717) is 11.1 Å². The molecule has 6 aromatic carbocycles. The van der Waals surface area contributed by atoms with E-state index in [0.717, 1.165) is 0 Å². The molecule has 0 saturated carbocycles. The van der Waals surface area contributed by atoms with E-state index in [1.165, 1.54) is 77.2 Å². The highest BCUT2D eigenvalue weighted by atomic mass is 28.3. The second-order valence-electron chi connectivity index (χ2n) is 13.1. The van der Waals surface area contributed by atoms with E-state index in [1.54, 1.807) is 0 Å². The van der Waals surface area contributed by atoms with E-state index in [1.807, 2.05) is 0 Å². The van der Waals surface area contributed by atoms with Crippen molar-refractivity contribution in [1.82, 2.24) is 0 Å². The number of rotatable bonds is 4. The van der Waals surface area contributed by atoms with Gasteiger partial charge in [-0.15, -0.1) is 0 Å². The molecule has 0 bridgehead atoms. The van der Waals surface area contributed by atoms with Crippen LogP contribution in [0.25, 0.3) is 32.7 Å². The van der Waals surface area contributed by atoms with Crippen molar-refractivity contribution < 1.29 is 0 Å². The Hall–Kier alpha value is -4.46. The molecule has 0 fully saturated rings. The summed E-state index contributed by atoms with van der Waals surface area (Å²) in [4.78, 5) is 0. The van der Waals surface area contributed by atoms with E-state index in [4.69, 9.17) is 0 Å². The zero-order chi connectivity index (χ0) is 29.3. The molecule has 0 radical (unpaired) electrons. The highest BCUT2D eigenvalue weighted by molar-refractivity contribution is 6.82. The van der Waals surface area contributed by atoms with Gasteiger partial charge in [0.15, 0.2) is 0 Å². The summed E-state index contributed by atoms with van der Waals surface area (Å²) in [6, 6.07) is 50.0. The fourth-order valence-electron chi connectivity index (χ4n) is 8.67. The van der Waals surface area contributed by atoms with Crippen LogP contribution in [0.3, 0.4) is 0 Å². The minimum Gasteiger partial charge on any atom is -0.0679 e. The first-order valence-electron chi connectivity index (χ1n) is 15.5. The monoisotopic (exact) mass is 568 g/mol. The van der Waals surface area contributed by atoms with Crippen LogP contribution < -0.4 is 0 Å². The van der Waals surface area contributed by atoms with E-state index < -0.39 is 8.07 Å². The average Bonchev–Trinajstić information content (AvgIpc) is 3.51. The minimum absolute atomic E-state index is 0.439. The van der Waals surface area contributed by atoms with Crippen molar-refractivity contribution in [2.45, 2.75) is 38.0 Å². The summed E-state index contributed by atoms with van der Waals surface area (Å²) in [7, 11) is -2.04. The second kappa shape index (κ2) is 9.79. The lowest BCUT2D eigenvalue weighted by atomic mass is 9.95. The summed E-state index contributed by atoms with van der Waals surface area (Å²) >= 11 is 0. The van der Waals surface area contributed by atoms with Crippen LogP contribution in [-0.2, 0) is 0 Å². The smallest absolute Gasteiger partial charge is 0.0679 e. The number of fused-ring (bicyclic) bond motifs is 4. The van der Waals surface area contributed by atoms with E-state index in [9.17, 15) is 0 Å². The van der Waals surface area contributed by atoms with Gasteiger partial charge in [0.25, 0.3) is 0 Å². The molecule has 0 heterocycles. The normalized spacial score (nSPS) is 18.0. The van der Waals surface area contributed by atoms with Gasteiger partial charge in [0.1, 0.15) is 0 Å². The van der Waals surface area contributed by atoms with Crippen molar-refractivity contribution >= 4 is 40.8 Å². The molecular formula is C42H36Si. The molecule has 208 valence electrons. The molecule has 2 unspecified atom stereocenters. The lowest BCUT2D eigenvalue weighted by molar-refractivity contribution is 0.967. The van der Waals surface area contributed by atoms with Gasteiger partial charge in [-0.3, -0.25) is 0 Å². The number of hydrogen-bond donors (Lipinski definition) is 0. The largest absolute Gasteiger partial charge is 0.0722 e. The lowest BCUT2D eigenvalue weighted by Crippen LogP contribution is -2.42. The van der Waals surface area contributed by atoms with Crippen molar-refractivity contribution in [3.05, 3.63) is 178 Å². The molecule has 1 heteroatoms. The maximum absolute atomic E-state index is 2.65. The van der Waals surface area contributed by atoms with Gasteiger partial charge in [-0.2, -0.15) is 0 Å². The Morgan fingerprint density at radius 3 is 1.23 bits per heavy atom. The standard InChI is InChI=1S/C42H36Si/c1-27-39(33-23-21-29-13-5-7-15-31(29)25-33)35-17-9-11-19-37(35)41(27)43(3,4)42-28(2)40(36-18-10-12-20-38(36)42)34-24-22-30-14-6-8-16-32(30)26-34/h5-26,41-42H,1-4H3. The summed E-state index contributed by atoms with van der Waals surface area (Å²) in [5.74, 6) is 0. The number of hydrogen-bond acceptors (Lipinski definition) is 0. The van der Waals surface area contributed by atoms with Crippen molar-refractivity contribution in [2.24, 2.45) is 0 Å². The summed E-state index contributed by atoms with van der Waals surface area (Å²) in [6.45, 7) is 10.1. The molecule has 0 nitrogen and oxygen atoms in total. The highest BCUT2D eigenvalue weighted by Crippen LogP contribution is 2.57. The highest BCUT2D eigenvalue weighted by Gasteiger charge is 2.49. The lowest BCUT2D eigenvalue weighted by Gasteiger charge is -2.39. The average molecular weight is 569 g/mol. The zero-order valence-electron chi connectivity index (χ0n) is 25.4. The summed E-state index contributed by atoms with van der Waals surface area (Å²) in [5.41, 5.74) is 15.4. The molecule has 0 aromatic heterocycles. The van der Waals surface area contributed by atoms with Gasteiger partial charge in [-0.1, -0.05) is 146 Å². The van der Waals surface area contributed by atoms with Gasteiger partial charge < -0.3 is 0 Å². The Labute approximate surface area is 256 Å². The first kappa shape index (κ1) is 26.2. The van der Waals surface area contributed by atoms with Crippen LogP contribution in [0.2, 0.25) is 13.1 Å². The maximum atomic E-state index is 2.65. The number of benzene rings is 6. The summed E-state index contributed by atoms with van der Waals surface area (Å²) in [5, 5.41) is 5.21. The summed E-state index contributed by atoms with van der Waals surface area (Å²) < 4.78 is 0. The van der Waals surface area contributed by atoms with Crippen molar-refractivity contribution in [3.63, 3.8) is 0 Å². The van der Waals surface area contributed by atoms with E-state index in [2.05, 4.69) is 160 Å². The second-order valence-corrected chi connectivity index (χ2v) is 17.9. The fraction of sp³-hybridized carbons (Fsp3) is 0.143. The van der Waals surface area contributed by atoms with Gasteiger partial charge in [0.05, 0.1) is 8.07 Å². The molecule has 0 amide bonds. The van der Waals surface area contributed by atoms with E-state index in [-0.39, 0.29) is 0 Å². The Morgan fingerprint density at radius 2 is 0.791 bits per heavy atom. The molecule has 2 aliphatic rings. The van der Waals surface area contributed by atoms with Crippen LogP contribution in [0.4, 0.5) is 0 Å². The zero-order valence-corrected chi connectivity index (χ0v) is 26.4. The molecule has 43 heavy (non-hydrogen) atoms. The minimum atomic E-state index is -2.04. The molecule has 0 saturated heterocycles. The number of allylic oxidation sites excluding steroid dienone is 2. The summed E-state index contributed by atoms with van der Waals surface area (Å²) in [6.07, 6.45) is 0. The third kappa shape index (κ3) is 3.95. The Kier molecular flexibility index (Phi) is 5.96. The van der Waals surface area contributed by atoms with Crippen LogP contribution in [0.15, 0.2) is 145 Å². The van der Waals surface area contributed by atoms with Crippen LogP contribution in [0, 0.1) is 0 Å². The molecule has 0 spiro atoms. The topological polar surface area (TPSA) is 0 Å². The Bertz CT molecular complexity index is 1990. The van der Waals surface area contributed by atoms with Gasteiger partial charge in [0, 0.05) is 11.1 Å². The fourth-order valence-corrected chi connectivity index (χ4v) is 13.6. The van der Waals surface area contributed by atoms with Crippen LogP contribution >= 0.6 is 0 Å². The first-order valence-corrected chi connectivity index (χ1v) is 18.7. The SMILES string of the molecule is CC1=C(c2ccc3ccccc3c2)c2ccccc2C1[Si](C)(C)C1C(C)=C(c2ccc3ccccc3c2)c2ccccc21. The Morgan fingerprint density at radius 1 is 0.419 bits per heavy atom. The van der Waals surface area contributed by atoms with Gasteiger partial charge >= 0.3 is 0 Å².